The Labute approximate surface area is 116 Å². The van der Waals surface area contributed by atoms with E-state index in [0.29, 0.717) is 23.1 Å². The molecule has 0 saturated heterocycles. The van der Waals surface area contributed by atoms with Crippen molar-refractivity contribution in [1.29, 1.82) is 0 Å². The highest BCUT2D eigenvalue weighted by molar-refractivity contribution is 6.32. The topological polar surface area (TPSA) is 62.3 Å². The first-order chi connectivity index (χ1) is 9.10. The van der Waals surface area contributed by atoms with Gasteiger partial charge < -0.3 is 15.2 Å². The molecule has 0 aliphatic heterocycles. The van der Waals surface area contributed by atoms with E-state index in [4.69, 9.17) is 26.8 Å². The molecule has 1 aromatic heterocycles. The Morgan fingerprint density at radius 2 is 1.95 bits per heavy atom. The number of aromatic nitrogens is 2. The summed E-state index contributed by atoms with van der Waals surface area (Å²) in [6, 6.07) is 3.49. The predicted octanol–water partition coefficient (Wildman–Crippen LogP) is 2.31. The lowest BCUT2D eigenvalue weighted by molar-refractivity contribution is 0.400. The average molecular weight is 282 g/mol. The molecule has 5 nitrogen and oxygen atoms in total. The third-order valence-corrected chi connectivity index (χ3v) is 3.22. The van der Waals surface area contributed by atoms with E-state index >= 15 is 0 Å². The number of benzene rings is 1. The molecule has 0 aliphatic rings. The Kier molecular flexibility index (Phi) is 3.97. The van der Waals surface area contributed by atoms with Crippen molar-refractivity contribution in [2.75, 3.05) is 14.2 Å². The van der Waals surface area contributed by atoms with Gasteiger partial charge in [0.15, 0.2) is 0 Å². The molecule has 1 aromatic carbocycles. The molecule has 19 heavy (non-hydrogen) atoms. The van der Waals surface area contributed by atoms with E-state index < -0.39 is 0 Å². The molecule has 0 bridgehead atoms. The van der Waals surface area contributed by atoms with Crippen LogP contribution in [0.25, 0.3) is 5.69 Å². The maximum absolute atomic E-state index is 6.08. The number of hydrogen-bond donors (Lipinski definition) is 1. The molecule has 6 heteroatoms. The zero-order chi connectivity index (χ0) is 14.0. The van der Waals surface area contributed by atoms with Crippen LogP contribution >= 0.6 is 11.6 Å². The number of hydrogen-bond acceptors (Lipinski definition) is 4. The molecule has 0 atom stereocenters. The summed E-state index contributed by atoms with van der Waals surface area (Å²) in [7, 11) is 3.15. The van der Waals surface area contributed by atoms with Crippen molar-refractivity contribution < 1.29 is 9.47 Å². The second-order valence-corrected chi connectivity index (χ2v) is 4.45. The molecule has 2 N–H and O–H groups in total. The highest BCUT2D eigenvalue weighted by Gasteiger charge is 2.13. The Hall–Kier alpha value is -1.72. The molecule has 0 fully saturated rings. The van der Waals surface area contributed by atoms with Crippen LogP contribution in [0.1, 0.15) is 11.3 Å². The number of methoxy groups -OCH3 is 2. The summed E-state index contributed by atoms with van der Waals surface area (Å²) in [5, 5.41) is 4.92. The number of nitrogens with zero attached hydrogens (tertiary/aromatic N) is 2. The Morgan fingerprint density at radius 3 is 2.47 bits per heavy atom. The molecule has 2 aromatic rings. The maximum Gasteiger partial charge on any atom is 0.146 e. The molecule has 0 unspecified atom stereocenters. The minimum atomic E-state index is 0.443. The standard InChI is InChI=1S/C13H16ClN3O2/c1-8-9(6-15)7-17(16-8)11-5-12(18-2)10(14)4-13(11)19-3/h4-5,7H,6,15H2,1-3H3. The molecule has 0 radical (unpaired) electrons. The smallest absolute Gasteiger partial charge is 0.146 e. The Morgan fingerprint density at radius 1 is 1.26 bits per heavy atom. The summed E-state index contributed by atoms with van der Waals surface area (Å²) in [4.78, 5) is 0. The van der Waals surface area contributed by atoms with Crippen molar-refractivity contribution in [2.24, 2.45) is 5.73 Å². The molecule has 0 saturated carbocycles. The van der Waals surface area contributed by atoms with E-state index in [1.807, 2.05) is 13.1 Å². The first-order valence-corrected chi connectivity index (χ1v) is 6.15. The van der Waals surface area contributed by atoms with Crippen LogP contribution < -0.4 is 15.2 Å². The summed E-state index contributed by atoms with van der Waals surface area (Å²) in [6.45, 7) is 2.36. The van der Waals surface area contributed by atoms with Gasteiger partial charge in [0.25, 0.3) is 0 Å². The monoisotopic (exact) mass is 281 g/mol. The fraction of sp³-hybridized carbons (Fsp3) is 0.308. The van der Waals surface area contributed by atoms with Crippen molar-refractivity contribution in [2.45, 2.75) is 13.5 Å². The first-order valence-electron chi connectivity index (χ1n) is 5.77. The van der Waals surface area contributed by atoms with Gasteiger partial charge in [-0.2, -0.15) is 5.10 Å². The maximum atomic E-state index is 6.08. The van der Waals surface area contributed by atoms with Crippen LogP contribution in [0.15, 0.2) is 18.3 Å². The molecule has 1 heterocycles. The number of ether oxygens (including phenoxy) is 2. The molecule has 0 spiro atoms. The second kappa shape index (κ2) is 5.50. The van der Waals surface area contributed by atoms with Gasteiger partial charge in [0, 0.05) is 30.4 Å². The van der Waals surface area contributed by atoms with E-state index in [0.717, 1.165) is 16.9 Å². The van der Waals surface area contributed by atoms with E-state index in [-0.39, 0.29) is 0 Å². The van der Waals surface area contributed by atoms with E-state index in [1.165, 1.54) is 0 Å². The summed E-state index contributed by atoms with van der Waals surface area (Å²) >= 11 is 6.08. The third-order valence-electron chi connectivity index (χ3n) is 2.92. The number of rotatable bonds is 4. The van der Waals surface area contributed by atoms with Crippen molar-refractivity contribution in [3.8, 4) is 17.2 Å². The molecule has 0 aliphatic carbocycles. The van der Waals surface area contributed by atoms with E-state index in [9.17, 15) is 0 Å². The van der Waals surface area contributed by atoms with E-state index in [1.54, 1.807) is 31.0 Å². The fourth-order valence-electron chi connectivity index (χ4n) is 1.84. The summed E-state index contributed by atoms with van der Waals surface area (Å²) in [5.41, 5.74) is 8.29. The van der Waals surface area contributed by atoms with Gasteiger partial charge in [-0.1, -0.05) is 11.6 Å². The predicted molar refractivity (Wildman–Crippen MR) is 74.3 cm³/mol. The van der Waals surface area contributed by atoms with Crippen molar-refractivity contribution >= 4 is 11.6 Å². The fourth-order valence-corrected chi connectivity index (χ4v) is 2.07. The summed E-state index contributed by atoms with van der Waals surface area (Å²) < 4.78 is 12.3. The lowest BCUT2D eigenvalue weighted by Crippen LogP contribution is -2.00. The lowest BCUT2D eigenvalue weighted by atomic mass is 10.2. The number of nitrogens with two attached hydrogens (primary N) is 1. The van der Waals surface area contributed by atoms with Crippen LogP contribution in [0.5, 0.6) is 11.5 Å². The van der Waals surface area contributed by atoms with Crippen molar-refractivity contribution in [3.05, 3.63) is 34.6 Å². The highest BCUT2D eigenvalue weighted by Crippen LogP contribution is 2.34. The van der Waals surface area contributed by atoms with Gasteiger partial charge in [0.1, 0.15) is 17.2 Å². The van der Waals surface area contributed by atoms with E-state index in [2.05, 4.69) is 5.10 Å². The quantitative estimate of drug-likeness (QED) is 0.934. The number of halogens is 1. The summed E-state index contributed by atoms with van der Waals surface area (Å²) in [6.07, 6.45) is 1.88. The van der Waals surface area contributed by atoms with Crippen LogP contribution in [-0.4, -0.2) is 24.0 Å². The third kappa shape index (κ3) is 2.52. The summed E-state index contributed by atoms with van der Waals surface area (Å²) in [5.74, 6) is 1.19. The highest BCUT2D eigenvalue weighted by atomic mass is 35.5. The Balaban J connectivity index is 2.58. The largest absolute Gasteiger partial charge is 0.495 e. The number of aryl methyl sites for hydroxylation is 1. The van der Waals surface area contributed by atoms with Crippen molar-refractivity contribution in [3.63, 3.8) is 0 Å². The molecule has 102 valence electrons. The van der Waals surface area contributed by atoms with Gasteiger partial charge in [-0.25, -0.2) is 4.68 Å². The minimum Gasteiger partial charge on any atom is -0.495 e. The van der Waals surface area contributed by atoms with Gasteiger partial charge in [-0.05, 0) is 6.92 Å². The molecular weight excluding hydrogens is 266 g/mol. The van der Waals surface area contributed by atoms with Gasteiger partial charge in [0.2, 0.25) is 0 Å². The second-order valence-electron chi connectivity index (χ2n) is 4.05. The minimum absolute atomic E-state index is 0.443. The zero-order valence-electron chi connectivity index (χ0n) is 11.1. The lowest BCUT2D eigenvalue weighted by Gasteiger charge is -2.11. The van der Waals surface area contributed by atoms with Gasteiger partial charge in [-0.15, -0.1) is 0 Å². The van der Waals surface area contributed by atoms with Crippen LogP contribution in [0.4, 0.5) is 0 Å². The van der Waals surface area contributed by atoms with Crippen LogP contribution in [-0.2, 0) is 6.54 Å². The van der Waals surface area contributed by atoms with Crippen LogP contribution in [0.2, 0.25) is 5.02 Å². The SMILES string of the molecule is COc1cc(-n2cc(CN)c(C)n2)c(OC)cc1Cl. The molecule has 2 rings (SSSR count). The van der Waals surface area contributed by atoms with Gasteiger partial charge in [0.05, 0.1) is 24.9 Å². The first kappa shape index (κ1) is 13.7. The van der Waals surface area contributed by atoms with Gasteiger partial charge in [-0.3, -0.25) is 0 Å². The van der Waals surface area contributed by atoms with Crippen LogP contribution in [0.3, 0.4) is 0 Å². The average Bonchev–Trinajstić information content (AvgIpc) is 2.79. The molecular formula is C13H16ClN3O2. The normalized spacial score (nSPS) is 10.6. The van der Waals surface area contributed by atoms with Gasteiger partial charge >= 0.3 is 0 Å². The molecule has 0 amide bonds. The zero-order valence-corrected chi connectivity index (χ0v) is 11.9. The Bertz CT molecular complexity index is 596. The van der Waals surface area contributed by atoms with Crippen molar-refractivity contribution in [1.82, 2.24) is 9.78 Å². The van der Waals surface area contributed by atoms with Crippen LogP contribution in [0, 0.1) is 6.92 Å².